The summed E-state index contributed by atoms with van der Waals surface area (Å²) < 4.78 is 77.0. The van der Waals surface area contributed by atoms with Crippen molar-refractivity contribution in [1.82, 2.24) is 35.4 Å². The van der Waals surface area contributed by atoms with Gasteiger partial charge in [-0.25, -0.2) is 17.9 Å². The summed E-state index contributed by atoms with van der Waals surface area (Å²) in [6, 6.07) is 3.79. The second-order valence-corrected chi connectivity index (χ2v) is 17.7. The Morgan fingerprint density at radius 3 is 2.38 bits per heavy atom. The first-order valence-corrected chi connectivity index (χ1v) is 20.2. The highest BCUT2D eigenvalue weighted by atomic mass is 32.2. The van der Waals surface area contributed by atoms with E-state index in [4.69, 9.17) is 4.74 Å². The summed E-state index contributed by atoms with van der Waals surface area (Å²) in [6.45, 7) is 4.59. The molecule has 4 aliphatic rings. The molecule has 56 heavy (non-hydrogen) atoms. The number of sulfonamides is 1. The number of aromatic nitrogens is 2. The van der Waals surface area contributed by atoms with E-state index in [1.54, 1.807) is 32.9 Å². The van der Waals surface area contributed by atoms with Crippen LogP contribution in [0.25, 0.3) is 5.69 Å². The van der Waals surface area contributed by atoms with Gasteiger partial charge in [-0.3, -0.25) is 23.9 Å². The number of ether oxygens (including phenoxy) is 1. The molecule has 5 atom stereocenters. The van der Waals surface area contributed by atoms with Crippen LogP contribution in [-0.2, 0) is 35.3 Å². The lowest BCUT2D eigenvalue weighted by atomic mass is 10.0. The highest BCUT2D eigenvalue weighted by Gasteiger charge is 2.62. The highest BCUT2D eigenvalue weighted by molar-refractivity contribution is 7.91. The number of alkyl carbamates (subject to hydrolysis) is 1. The van der Waals surface area contributed by atoms with Crippen LogP contribution in [-0.4, -0.2) is 93.9 Å². The van der Waals surface area contributed by atoms with Gasteiger partial charge in [-0.2, -0.15) is 18.3 Å². The van der Waals surface area contributed by atoms with Gasteiger partial charge in [-0.05, 0) is 77.8 Å². The zero-order chi connectivity index (χ0) is 40.6. The van der Waals surface area contributed by atoms with E-state index in [-0.39, 0.29) is 31.5 Å². The van der Waals surface area contributed by atoms with E-state index in [9.17, 15) is 45.6 Å². The molecule has 304 valence electrons. The molecular formula is C37H46F3N7O8S. The summed E-state index contributed by atoms with van der Waals surface area (Å²) in [7, 11) is -3.99. The van der Waals surface area contributed by atoms with E-state index in [1.165, 1.54) is 24.3 Å². The zero-order valence-electron chi connectivity index (χ0n) is 31.2. The topological polar surface area (TPSA) is 198 Å². The minimum Gasteiger partial charge on any atom is -0.444 e. The lowest BCUT2D eigenvalue weighted by molar-refractivity contribution is -0.143. The second kappa shape index (κ2) is 15.5. The maximum Gasteiger partial charge on any atom is 0.434 e. The number of fused-ring (bicyclic) bond motifs is 2. The molecule has 2 aliphatic heterocycles. The van der Waals surface area contributed by atoms with Crippen LogP contribution < -0.4 is 20.7 Å². The van der Waals surface area contributed by atoms with Crippen molar-refractivity contribution in [3.05, 3.63) is 59.9 Å². The average molecular weight is 806 g/mol. The monoisotopic (exact) mass is 805 g/mol. The standard InChI is InChI=1S/C37H46F3N7O8S/c1-35(2,3)55-34(52)43-27-15-11-6-4-5-8-12-22-19-36(22,33(51)45-56(53,54)25-16-17-25)44-31(49)28-18-23(21-46(28)32(27)50)42-30(48)26-20-41-47(29(26)37(38,39)40)24-13-9-7-10-14-24/h7-10,12-14,20,22-23,25,27-28H,4-6,11,15-19,21H2,1-3H3,(H,42,48)(H,43,52)(H,44,49)(H,45,51)/b12-8-/t22-,23-,27+,28+,36-/m1/s1. The van der Waals surface area contributed by atoms with E-state index in [2.05, 4.69) is 25.8 Å². The summed E-state index contributed by atoms with van der Waals surface area (Å²) in [5, 5.41) is 11.0. The second-order valence-electron chi connectivity index (χ2n) is 15.8. The van der Waals surface area contributed by atoms with Crippen molar-refractivity contribution in [2.45, 2.75) is 119 Å². The lowest BCUT2D eigenvalue weighted by Crippen LogP contribution is -2.58. The van der Waals surface area contributed by atoms with Gasteiger partial charge in [0.25, 0.3) is 11.8 Å². The number of para-hydroxylation sites is 1. The number of benzene rings is 1. The fourth-order valence-corrected chi connectivity index (χ4v) is 8.53. The van der Waals surface area contributed by atoms with E-state index in [0.29, 0.717) is 43.2 Å². The number of hydrogen-bond donors (Lipinski definition) is 4. The third-order valence-electron chi connectivity index (χ3n) is 10.2. The van der Waals surface area contributed by atoms with Crippen molar-refractivity contribution in [2.24, 2.45) is 5.92 Å². The number of alkyl halides is 3. The number of allylic oxidation sites excluding steroid dienone is 1. The first-order valence-electron chi connectivity index (χ1n) is 18.7. The molecule has 0 radical (unpaired) electrons. The molecule has 0 unspecified atom stereocenters. The van der Waals surface area contributed by atoms with E-state index in [0.717, 1.165) is 11.1 Å². The van der Waals surface area contributed by atoms with Gasteiger partial charge in [0.1, 0.15) is 23.2 Å². The van der Waals surface area contributed by atoms with E-state index >= 15 is 0 Å². The number of carbonyl (C=O) groups is 5. The predicted molar refractivity (Wildman–Crippen MR) is 194 cm³/mol. The molecule has 6 rings (SSSR count). The van der Waals surface area contributed by atoms with Crippen molar-refractivity contribution in [2.75, 3.05) is 6.54 Å². The molecule has 0 spiro atoms. The molecule has 1 saturated heterocycles. The third kappa shape index (κ3) is 9.19. The van der Waals surface area contributed by atoms with Crippen molar-refractivity contribution >= 4 is 39.7 Å². The lowest BCUT2D eigenvalue weighted by Gasteiger charge is -2.30. The Labute approximate surface area is 322 Å². The van der Waals surface area contributed by atoms with Crippen molar-refractivity contribution in [3.8, 4) is 5.69 Å². The molecule has 4 N–H and O–H groups in total. The fraction of sp³-hybridized carbons (Fsp3) is 0.568. The van der Waals surface area contributed by atoms with Crippen LogP contribution in [0.3, 0.4) is 0 Å². The van der Waals surface area contributed by atoms with Gasteiger partial charge in [0, 0.05) is 18.5 Å². The normalized spacial score (nSPS) is 26.7. The molecule has 5 amide bonds. The molecule has 3 heterocycles. The van der Waals surface area contributed by atoms with Crippen LogP contribution in [0.2, 0.25) is 0 Å². The molecule has 15 nitrogen and oxygen atoms in total. The molecule has 2 aliphatic carbocycles. The third-order valence-corrected chi connectivity index (χ3v) is 12.0. The molecule has 0 bridgehead atoms. The fourth-order valence-electron chi connectivity index (χ4n) is 7.17. The van der Waals surface area contributed by atoms with Crippen LogP contribution in [0, 0.1) is 5.92 Å². The van der Waals surface area contributed by atoms with Crippen molar-refractivity contribution in [1.29, 1.82) is 0 Å². The van der Waals surface area contributed by atoms with E-state index in [1.807, 2.05) is 6.08 Å². The zero-order valence-corrected chi connectivity index (χ0v) is 32.0. The Bertz CT molecular complexity index is 2000. The number of hydrogen-bond acceptors (Lipinski definition) is 9. The molecule has 2 aromatic rings. The summed E-state index contributed by atoms with van der Waals surface area (Å²) >= 11 is 0. The Hall–Kier alpha value is -4.94. The number of nitrogens with one attached hydrogen (secondary N) is 4. The maximum absolute atomic E-state index is 14.4. The van der Waals surface area contributed by atoms with Gasteiger partial charge < -0.3 is 25.6 Å². The summed E-state index contributed by atoms with van der Waals surface area (Å²) in [4.78, 5) is 69.9. The Kier molecular flexibility index (Phi) is 11.3. The smallest absolute Gasteiger partial charge is 0.434 e. The van der Waals surface area contributed by atoms with Gasteiger partial charge in [0.2, 0.25) is 21.8 Å². The van der Waals surface area contributed by atoms with Gasteiger partial charge in [0.15, 0.2) is 5.69 Å². The number of nitrogens with zero attached hydrogens (tertiary/aromatic N) is 3. The van der Waals surface area contributed by atoms with Crippen molar-refractivity contribution in [3.63, 3.8) is 0 Å². The molecule has 1 aromatic carbocycles. The molecule has 3 fully saturated rings. The summed E-state index contributed by atoms with van der Waals surface area (Å²) in [5.41, 5.74) is -4.62. The first-order chi connectivity index (χ1) is 26.3. The van der Waals surface area contributed by atoms with Crippen molar-refractivity contribution < 1.29 is 50.3 Å². The first kappa shape index (κ1) is 40.7. The maximum atomic E-state index is 14.4. The Balaban J connectivity index is 1.30. The molecule has 1 aromatic heterocycles. The molecular weight excluding hydrogens is 760 g/mol. The summed E-state index contributed by atoms with van der Waals surface area (Å²) in [6.07, 6.45) is 1.70. The SMILES string of the molecule is CC(C)(C)OC(=O)N[C@H]1CCCCC/C=C\[C@@H]2C[C@@]2(C(=O)NS(=O)(=O)C2CC2)NC(=O)[C@@H]2C[C@@H](NC(=O)c3cnn(-c4ccccc4)c3C(F)(F)F)CN2C1=O. The number of rotatable bonds is 7. The summed E-state index contributed by atoms with van der Waals surface area (Å²) in [5.74, 6) is -4.19. The van der Waals surface area contributed by atoms with Crippen LogP contribution in [0.15, 0.2) is 48.7 Å². The predicted octanol–water partition coefficient (Wildman–Crippen LogP) is 3.49. The minimum atomic E-state index is -5.00. The van der Waals surface area contributed by atoms with Gasteiger partial charge in [-0.1, -0.05) is 43.2 Å². The molecule has 19 heteroatoms. The average Bonchev–Trinajstić information content (AvgIpc) is 3.99. The minimum absolute atomic E-state index is 0.0626. The largest absolute Gasteiger partial charge is 0.444 e. The van der Waals surface area contributed by atoms with Gasteiger partial charge >= 0.3 is 12.3 Å². The molecule has 2 saturated carbocycles. The highest BCUT2D eigenvalue weighted by Crippen LogP contribution is 2.46. The number of carbonyl (C=O) groups excluding carboxylic acids is 5. The number of halogens is 3. The van der Waals surface area contributed by atoms with Crippen LogP contribution >= 0.6 is 0 Å². The Morgan fingerprint density at radius 2 is 1.71 bits per heavy atom. The van der Waals surface area contributed by atoms with Gasteiger partial charge in [0.05, 0.1) is 22.7 Å². The quantitative estimate of drug-likeness (QED) is 0.303. The van der Waals surface area contributed by atoms with Crippen LogP contribution in [0.1, 0.15) is 94.6 Å². The van der Waals surface area contributed by atoms with Crippen LogP contribution in [0.5, 0.6) is 0 Å². The van der Waals surface area contributed by atoms with E-state index < -0.39 is 97.6 Å². The van der Waals surface area contributed by atoms with Gasteiger partial charge in [-0.15, -0.1) is 0 Å². The van der Waals surface area contributed by atoms with Crippen LogP contribution in [0.4, 0.5) is 18.0 Å². The number of amides is 5. The Morgan fingerprint density at radius 1 is 1.00 bits per heavy atom.